The van der Waals surface area contributed by atoms with Gasteiger partial charge < -0.3 is 4.57 Å². The molecule has 132 valence electrons. The molecule has 0 aliphatic rings. The monoisotopic (exact) mass is 371 g/mol. The number of amides is 1. The lowest BCUT2D eigenvalue weighted by Gasteiger charge is -2.07. The first kappa shape index (κ1) is 17.1. The number of hydrogen-bond donors (Lipinski definition) is 0. The molecule has 2 heterocycles. The Morgan fingerprint density at radius 3 is 2.41 bits per heavy atom. The molecule has 0 aliphatic carbocycles. The number of pyridine rings is 1. The van der Waals surface area contributed by atoms with E-state index >= 15 is 0 Å². The summed E-state index contributed by atoms with van der Waals surface area (Å²) >= 11 is 1.45. The Kier molecular flexibility index (Phi) is 5.03. The van der Waals surface area contributed by atoms with Gasteiger partial charge in [-0.15, -0.1) is 11.3 Å². The Hall–Kier alpha value is -3.31. The first-order valence-electron chi connectivity index (χ1n) is 8.59. The fourth-order valence-corrected chi connectivity index (χ4v) is 3.53. The third-order valence-corrected chi connectivity index (χ3v) is 4.96. The lowest BCUT2D eigenvalue weighted by molar-refractivity contribution is 0.0993. The predicted octanol–water partition coefficient (Wildman–Crippen LogP) is 4.40. The zero-order valence-electron chi connectivity index (χ0n) is 14.5. The zero-order valence-corrected chi connectivity index (χ0v) is 15.3. The summed E-state index contributed by atoms with van der Waals surface area (Å²) in [7, 11) is 0. The van der Waals surface area contributed by atoms with Crippen LogP contribution in [0.25, 0.3) is 10.6 Å². The van der Waals surface area contributed by atoms with Gasteiger partial charge in [-0.1, -0.05) is 66.7 Å². The Balaban J connectivity index is 1.63. The number of thiazole rings is 1. The predicted molar refractivity (Wildman–Crippen MR) is 107 cm³/mol. The van der Waals surface area contributed by atoms with E-state index in [9.17, 15) is 4.79 Å². The second-order valence-corrected chi connectivity index (χ2v) is 6.85. The van der Waals surface area contributed by atoms with Crippen LogP contribution in [0.1, 0.15) is 16.1 Å². The minimum absolute atomic E-state index is 0.332. The Morgan fingerprint density at radius 1 is 0.926 bits per heavy atom. The van der Waals surface area contributed by atoms with Crippen LogP contribution in [0.15, 0.2) is 95.4 Å². The Morgan fingerprint density at radius 2 is 1.63 bits per heavy atom. The molecule has 2 aromatic carbocycles. The van der Waals surface area contributed by atoms with Gasteiger partial charge in [-0.2, -0.15) is 4.99 Å². The molecular weight excluding hydrogens is 354 g/mol. The number of hydrogen-bond acceptors (Lipinski definition) is 3. The minimum Gasteiger partial charge on any atom is -0.328 e. The van der Waals surface area contributed by atoms with Crippen molar-refractivity contribution in [3.63, 3.8) is 0 Å². The van der Waals surface area contributed by atoms with Crippen LogP contribution in [0.4, 0.5) is 0 Å². The van der Waals surface area contributed by atoms with Gasteiger partial charge in [0.2, 0.25) is 0 Å². The van der Waals surface area contributed by atoms with Gasteiger partial charge in [0, 0.05) is 23.7 Å². The van der Waals surface area contributed by atoms with E-state index in [1.807, 2.05) is 77.5 Å². The summed E-state index contributed by atoms with van der Waals surface area (Å²) in [5.41, 5.74) is 3.13. The third-order valence-electron chi connectivity index (χ3n) is 4.07. The van der Waals surface area contributed by atoms with Crippen LogP contribution in [0.3, 0.4) is 0 Å². The fourth-order valence-electron chi connectivity index (χ4n) is 2.73. The molecule has 0 radical (unpaired) electrons. The topological polar surface area (TPSA) is 47.2 Å². The molecule has 1 amide bonds. The van der Waals surface area contributed by atoms with Crippen LogP contribution in [-0.4, -0.2) is 15.5 Å². The summed E-state index contributed by atoms with van der Waals surface area (Å²) in [6, 6.07) is 25.6. The molecule has 0 bridgehead atoms. The molecule has 0 unspecified atom stereocenters. The smallest absolute Gasteiger partial charge is 0.298 e. The van der Waals surface area contributed by atoms with Gasteiger partial charge in [0.15, 0.2) is 0 Å². The maximum absolute atomic E-state index is 12.6. The largest absolute Gasteiger partial charge is 0.328 e. The normalized spacial score (nSPS) is 11.5. The molecule has 0 atom stereocenters. The molecule has 0 aliphatic heterocycles. The number of benzene rings is 2. The van der Waals surface area contributed by atoms with E-state index in [4.69, 9.17) is 0 Å². The van der Waals surface area contributed by atoms with Gasteiger partial charge in [0.05, 0.1) is 0 Å². The van der Waals surface area contributed by atoms with Crippen molar-refractivity contribution in [3.8, 4) is 10.6 Å². The number of nitrogens with zero attached hydrogens (tertiary/aromatic N) is 3. The summed E-state index contributed by atoms with van der Waals surface area (Å²) in [6.07, 6.45) is 1.93. The molecule has 0 saturated heterocycles. The fraction of sp³-hybridized carbons (Fsp3) is 0.0455. The average molecular weight is 371 g/mol. The maximum Gasteiger partial charge on any atom is 0.298 e. The SMILES string of the molecule is O=C(N=c1ccccn1Cc1ccccc1)c1csc(-c2ccccc2)n1. The minimum atomic E-state index is -0.332. The number of carbonyl (C=O) groups excluding carboxylic acids is 1. The summed E-state index contributed by atoms with van der Waals surface area (Å²) < 4.78 is 1.96. The van der Waals surface area contributed by atoms with E-state index in [2.05, 4.69) is 22.1 Å². The first-order valence-corrected chi connectivity index (χ1v) is 9.47. The molecule has 0 fully saturated rings. The summed E-state index contributed by atoms with van der Waals surface area (Å²) in [5.74, 6) is -0.332. The summed E-state index contributed by atoms with van der Waals surface area (Å²) in [4.78, 5) is 21.4. The van der Waals surface area contributed by atoms with Gasteiger partial charge >= 0.3 is 0 Å². The molecule has 0 saturated carbocycles. The molecule has 27 heavy (non-hydrogen) atoms. The summed E-state index contributed by atoms with van der Waals surface area (Å²) in [6.45, 7) is 0.653. The maximum atomic E-state index is 12.6. The Labute approximate surface area is 161 Å². The Bertz CT molecular complexity index is 1110. The van der Waals surface area contributed by atoms with E-state index < -0.39 is 0 Å². The number of rotatable bonds is 4. The summed E-state index contributed by atoms with van der Waals surface area (Å²) in [5, 5.41) is 2.58. The second kappa shape index (κ2) is 7.93. The van der Waals surface area contributed by atoms with Crippen molar-refractivity contribution >= 4 is 17.2 Å². The molecule has 4 nitrogen and oxygen atoms in total. The molecule has 4 rings (SSSR count). The van der Waals surface area contributed by atoms with Crippen LogP contribution in [0.5, 0.6) is 0 Å². The van der Waals surface area contributed by atoms with E-state index in [1.165, 1.54) is 11.3 Å². The first-order chi connectivity index (χ1) is 13.3. The van der Waals surface area contributed by atoms with Crippen molar-refractivity contribution < 1.29 is 4.79 Å². The van der Waals surface area contributed by atoms with E-state index in [-0.39, 0.29) is 5.91 Å². The highest BCUT2D eigenvalue weighted by Gasteiger charge is 2.11. The molecule has 0 N–H and O–H groups in total. The van der Waals surface area contributed by atoms with Crippen LogP contribution < -0.4 is 5.49 Å². The highest BCUT2D eigenvalue weighted by molar-refractivity contribution is 7.13. The molecule has 0 spiro atoms. The lowest BCUT2D eigenvalue weighted by atomic mass is 10.2. The number of aromatic nitrogens is 2. The van der Waals surface area contributed by atoms with Crippen molar-refractivity contribution in [2.45, 2.75) is 6.54 Å². The average Bonchev–Trinajstić information content (AvgIpc) is 3.21. The zero-order chi connectivity index (χ0) is 18.5. The second-order valence-electron chi connectivity index (χ2n) is 5.99. The van der Waals surface area contributed by atoms with E-state index in [1.54, 1.807) is 5.38 Å². The van der Waals surface area contributed by atoms with Crippen molar-refractivity contribution in [2.75, 3.05) is 0 Å². The van der Waals surface area contributed by atoms with Crippen LogP contribution in [0.2, 0.25) is 0 Å². The highest BCUT2D eigenvalue weighted by Crippen LogP contribution is 2.23. The van der Waals surface area contributed by atoms with Gasteiger partial charge in [-0.05, 0) is 17.7 Å². The molecular formula is C22H17N3OS. The molecule has 2 aromatic heterocycles. The van der Waals surface area contributed by atoms with Crippen molar-refractivity contribution in [2.24, 2.45) is 4.99 Å². The lowest BCUT2D eigenvalue weighted by Crippen LogP contribution is -2.22. The van der Waals surface area contributed by atoms with Crippen LogP contribution >= 0.6 is 11.3 Å². The van der Waals surface area contributed by atoms with Gasteiger partial charge in [0.25, 0.3) is 5.91 Å². The molecule has 4 aromatic rings. The van der Waals surface area contributed by atoms with Crippen molar-refractivity contribution in [1.29, 1.82) is 0 Å². The van der Waals surface area contributed by atoms with Gasteiger partial charge in [0.1, 0.15) is 16.2 Å². The van der Waals surface area contributed by atoms with Gasteiger partial charge in [-0.25, -0.2) is 4.98 Å². The van der Waals surface area contributed by atoms with E-state index in [0.29, 0.717) is 17.7 Å². The third kappa shape index (κ3) is 4.10. The van der Waals surface area contributed by atoms with E-state index in [0.717, 1.165) is 16.1 Å². The molecule has 5 heteroatoms. The number of carbonyl (C=O) groups is 1. The van der Waals surface area contributed by atoms with Crippen LogP contribution in [-0.2, 0) is 6.54 Å². The quantitative estimate of drug-likeness (QED) is 0.534. The van der Waals surface area contributed by atoms with Crippen LogP contribution in [0, 0.1) is 0 Å². The highest BCUT2D eigenvalue weighted by atomic mass is 32.1. The van der Waals surface area contributed by atoms with Crippen molar-refractivity contribution in [1.82, 2.24) is 9.55 Å². The van der Waals surface area contributed by atoms with Gasteiger partial charge in [-0.3, -0.25) is 4.79 Å². The standard InChI is InChI=1S/C22H17N3OS/c26-21(19-16-27-22(23-19)18-11-5-2-6-12-18)24-20-13-7-8-14-25(20)15-17-9-3-1-4-10-17/h1-14,16H,15H2. The van der Waals surface area contributed by atoms with Crippen molar-refractivity contribution in [3.05, 3.63) is 107 Å².